The average molecular weight is 214 g/mol. The Balaban J connectivity index is 2.81. The van der Waals surface area contributed by atoms with Crippen molar-refractivity contribution in [2.75, 3.05) is 13.2 Å². The van der Waals surface area contributed by atoms with Crippen molar-refractivity contribution in [1.29, 1.82) is 0 Å². The molecule has 0 aliphatic carbocycles. The summed E-state index contributed by atoms with van der Waals surface area (Å²) in [7, 11) is 0.484. The molecule has 0 N–H and O–H groups in total. The second kappa shape index (κ2) is 14.0. The molecule has 0 bridgehead atoms. The molecule has 0 heterocycles. The maximum atomic E-state index is 5.36. The van der Waals surface area contributed by atoms with Gasteiger partial charge in [0.05, 0.1) is 0 Å². The molecule has 0 aromatic heterocycles. The molecule has 0 saturated heterocycles. The van der Waals surface area contributed by atoms with Gasteiger partial charge >= 0.3 is 7.69 Å². The molecule has 2 nitrogen and oxygen atoms in total. The zero-order valence-corrected chi connectivity index (χ0v) is 10.6. The second-order valence-corrected chi connectivity index (χ2v) is 4.06. The van der Waals surface area contributed by atoms with Crippen LogP contribution in [-0.2, 0) is 9.31 Å². The Labute approximate surface area is 96.0 Å². The highest BCUT2D eigenvalue weighted by molar-refractivity contribution is 6.17. The number of hydrogen-bond donors (Lipinski definition) is 0. The molecule has 0 aliphatic heterocycles. The second-order valence-electron chi connectivity index (χ2n) is 4.06. The van der Waals surface area contributed by atoms with Gasteiger partial charge in [-0.05, 0) is 12.8 Å². The molecule has 0 unspecified atom stereocenters. The van der Waals surface area contributed by atoms with Gasteiger partial charge in [-0.2, -0.15) is 0 Å². The summed E-state index contributed by atoms with van der Waals surface area (Å²) < 4.78 is 10.7. The van der Waals surface area contributed by atoms with Gasteiger partial charge in [-0.25, -0.2) is 0 Å². The molecular weight excluding hydrogens is 187 g/mol. The molecule has 15 heavy (non-hydrogen) atoms. The van der Waals surface area contributed by atoms with Gasteiger partial charge < -0.3 is 9.31 Å². The topological polar surface area (TPSA) is 18.5 Å². The van der Waals surface area contributed by atoms with Gasteiger partial charge in [-0.15, -0.1) is 0 Å². The summed E-state index contributed by atoms with van der Waals surface area (Å²) in [6, 6.07) is 0. The Bertz CT molecular complexity index is 97.8. The van der Waals surface area contributed by atoms with Crippen molar-refractivity contribution in [2.45, 2.75) is 65.2 Å². The smallest absolute Gasteiger partial charge is 0.414 e. The van der Waals surface area contributed by atoms with Gasteiger partial charge in [0.15, 0.2) is 0 Å². The predicted molar refractivity (Wildman–Crippen MR) is 67.3 cm³/mol. The maximum Gasteiger partial charge on any atom is 0.438 e. The highest BCUT2D eigenvalue weighted by Gasteiger charge is 1.93. The fraction of sp³-hybridized carbons (Fsp3) is 1.00. The summed E-state index contributed by atoms with van der Waals surface area (Å²) in [5, 5.41) is 0. The summed E-state index contributed by atoms with van der Waals surface area (Å²) in [6.45, 7) is 6.16. The van der Waals surface area contributed by atoms with E-state index in [0.717, 1.165) is 13.2 Å². The molecule has 0 aromatic rings. The summed E-state index contributed by atoms with van der Waals surface area (Å²) in [6.07, 6.45) is 10.1. The third kappa shape index (κ3) is 14.0. The van der Waals surface area contributed by atoms with Crippen molar-refractivity contribution in [3.63, 3.8) is 0 Å². The van der Waals surface area contributed by atoms with E-state index in [9.17, 15) is 0 Å². The molecule has 0 fully saturated rings. The van der Waals surface area contributed by atoms with Crippen molar-refractivity contribution >= 4 is 7.69 Å². The largest absolute Gasteiger partial charge is 0.438 e. The van der Waals surface area contributed by atoms with E-state index in [1.807, 2.05) is 0 Å². The first-order valence-corrected chi connectivity index (χ1v) is 6.57. The molecule has 0 amide bonds. The van der Waals surface area contributed by atoms with Crippen LogP contribution in [0.4, 0.5) is 0 Å². The number of unbranched alkanes of at least 4 members (excludes halogenated alkanes) is 6. The average Bonchev–Trinajstić information content (AvgIpc) is 2.26. The molecule has 0 radical (unpaired) electrons. The number of rotatable bonds is 12. The summed E-state index contributed by atoms with van der Waals surface area (Å²) in [5.41, 5.74) is 0. The SMILES string of the molecule is CCCCCCOBOCCCCCC. The van der Waals surface area contributed by atoms with E-state index in [-0.39, 0.29) is 0 Å². The first kappa shape index (κ1) is 15.0. The highest BCUT2D eigenvalue weighted by Crippen LogP contribution is 2.00. The minimum atomic E-state index is 0.484. The van der Waals surface area contributed by atoms with E-state index >= 15 is 0 Å². The van der Waals surface area contributed by atoms with Crippen LogP contribution in [0.1, 0.15) is 65.2 Å². The van der Waals surface area contributed by atoms with E-state index in [1.54, 1.807) is 0 Å². The van der Waals surface area contributed by atoms with Crippen molar-refractivity contribution in [1.82, 2.24) is 0 Å². The van der Waals surface area contributed by atoms with Crippen LogP contribution in [0.2, 0.25) is 0 Å². The molecule has 0 rings (SSSR count). The van der Waals surface area contributed by atoms with Gasteiger partial charge in [-0.1, -0.05) is 52.4 Å². The fourth-order valence-corrected chi connectivity index (χ4v) is 1.44. The maximum absolute atomic E-state index is 5.36. The Morgan fingerprint density at radius 2 is 1.13 bits per heavy atom. The number of hydrogen-bond acceptors (Lipinski definition) is 2. The monoisotopic (exact) mass is 214 g/mol. The van der Waals surface area contributed by atoms with Crippen molar-refractivity contribution in [3.05, 3.63) is 0 Å². The van der Waals surface area contributed by atoms with E-state index < -0.39 is 0 Å². The third-order valence-corrected chi connectivity index (χ3v) is 2.45. The van der Waals surface area contributed by atoms with Gasteiger partial charge in [0, 0.05) is 13.2 Å². The van der Waals surface area contributed by atoms with Gasteiger partial charge in [-0.3, -0.25) is 0 Å². The minimum absolute atomic E-state index is 0.484. The van der Waals surface area contributed by atoms with Crippen LogP contribution in [0, 0.1) is 0 Å². The molecular formula is C12H27BO2. The Kier molecular flexibility index (Phi) is 14.0. The van der Waals surface area contributed by atoms with Crippen molar-refractivity contribution in [2.24, 2.45) is 0 Å². The lowest BCUT2D eigenvalue weighted by Crippen LogP contribution is -2.07. The third-order valence-electron chi connectivity index (χ3n) is 2.45. The molecule has 0 aromatic carbocycles. The molecule has 0 aliphatic rings. The van der Waals surface area contributed by atoms with Crippen LogP contribution < -0.4 is 0 Å². The minimum Gasteiger partial charge on any atom is -0.414 e. The van der Waals surface area contributed by atoms with Crippen LogP contribution in [-0.4, -0.2) is 20.9 Å². The van der Waals surface area contributed by atoms with Crippen LogP contribution in [0.25, 0.3) is 0 Å². The van der Waals surface area contributed by atoms with Gasteiger partial charge in [0.1, 0.15) is 0 Å². The molecule has 0 spiro atoms. The Hall–Kier alpha value is -0.0151. The fourth-order valence-electron chi connectivity index (χ4n) is 1.44. The predicted octanol–water partition coefficient (Wildman–Crippen LogP) is 3.45. The first-order chi connectivity index (χ1) is 7.41. The van der Waals surface area contributed by atoms with E-state index in [0.29, 0.717) is 7.69 Å². The zero-order valence-electron chi connectivity index (χ0n) is 10.6. The lowest BCUT2D eigenvalue weighted by atomic mass is 10.2. The normalized spacial score (nSPS) is 10.5. The standard InChI is InChI=1S/C12H27BO2/c1-3-5-7-9-11-14-13-15-12-10-8-6-4-2/h13H,3-12H2,1-2H3. The summed E-state index contributed by atoms with van der Waals surface area (Å²) >= 11 is 0. The van der Waals surface area contributed by atoms with Gasteiger partial charge in [0.25, 0.3) is 0 Å². The van der Waals surface area contributed by atoms with Crippen LogP contribution >= 0.6 is 0 Å². The van der Waals surface area contributed by atoms with E-state index in [4.69, 9.17) is 9.31 Å². The Morgan fingerprint density at radius 3 is 1.53 bits per heavy atom. The summed E-state index contributed by atoms with van der Waals surface area (Å²) in [5.74, 6) is 0. The van der Waals surface area contributed by atoms with Gasteiger partial charge in [0.2, 0.25) is 0 Å². The molecule has 3 heteroatoms. The van der Waals surface area contributed by atoms with E-state index in [2.05, 4.69) is 13.8 Å². The summed E-state index contributed by atoms with van der Waals surface area (Å²) in [4.78, 5) is 0. The Morgan fingerprint density at radius 1 is 0.667 bits per heavy atom. The lowest BCUT2D eigenvalue weighted by Gasteiger charge is -2.04. The van der Waals surface area contributed by atoms with E-state index in [1.165, 1.54) is 51.4 Å². The zero-order chi connectivity index (χ0) is 11.2. The van der Waals surface area contributed by atoms with Crippen molar-refractivity contribution < 1.29 is 9.31 Å². The van der Waals surface area contributed by atoms with Crippen LogP contribution in [0.15, 0.2) is 0 Å². The van der Waals surface area contributed by atoms with Crippen LogP contribution in [0.5, 0.6) is 0 Å². The van der Waals surface area contributed by atoms with Crippen LogP contribution in [0.3, 0.4) is 0 Å². The highest BCUT2D eigenvalue weighted by atomic mass is 16.6. The quantitative estimate of drug-likeness (QED) is 0.366. The molecule has 90 valence electrons. The first-order valence-electron chi connectivity index (χ1n) is 6.57. The molecule has 0 atom stereocenters. The van der Waals surface area contributed by atoms with Crippen molar-refractivity contribution in [3.8, 4) is 0 Å². The molecule has 0 saturated carbocycles. The lowest BCUT2D eigenvalue weighted by molar-refractivity contribution is 0.213.